The molecule has 688 valence electrons. The Bertz CT molecular complexity index is 5120. The van der Waals surface area contributed by atoms with E-state index in [1.807, 2.05) is 38.1 Å². The zero-order valence-corrected chi connectivity index (χ0v) is 73.5. The van der Waals surface area contributed by atoms with Crippen molar-refractivity contribution in [3.8, 4) is 62.9 Å². The summed E-state index contributed by atoms with van der Waals surface area (Å²) in [6, 6.07) is 14.9. The Morgan fingerprint density at radius 1 is 0.688 bits per heavy atom. The van der Waals surface area contributed by atoms with E-state index in [1.165, 1.54) is 68.4 Å². The average Bonchev–Trinajstić information content (AvgIpc) is 0.751. The first-order chi connectivity index (χ1) is 61.0. The summed E-state index contributed by atoms with van der Waals surface area (Å²) in [7, 11) is 0. The van der Waals surface area contributed by atoms with Gasteiger partial charge in [0.15, 0.2) is 41.2 Å². The second-order valence-corrected chi connectivity index (χ2v) is 37.1. The average molecular weight is 1810 g/mol. The standard InChI is InChI=1S/C94H113Cl2N7O25/c1-7-9-10-23-121-56-16-11-45(12-17-56)21-22-99-93(120)123-57-37-61-76(65(106)38-57)60-30-49(13-18-64(60)105)59-40-67(108)77-54-34-71(124-69-19-14-50(31-62(69)95)81(111)79(102-88(116)48(8-2)24-43(3)4)66(107)33-55(36-74(97)110)89(117)100-77)85(128-92-86(84(114)83(113)73(42-104)126-92)127-75-41-94(6,98)87(115)44(5)122-75)72(35-54)125-70-20-15-51(32-63(70)96)82(112)80(103-90(59)118)91(119)101-78(61)68(109)39-58-52-26-46-25-47(28-52)29-53(58)27-46/h11-20,30-32,34-35,37-38,43-44,46-48,52-53,55,58-59,73,75,77-84,86-87,92,104-106,111-115H,7-10,21-29,33,36,39-42,98H2,1-6H3,(H2,97,110)(H,99,120)(H,100,117)(H,101,119)(H,102,116)(H,103,118)/t44-,46?,47?,48+,52?,53?,55-,58?,59+,73+,75-,77+,78-,79-,80-,81+,82+,83+,84-,86+,87+,92-,94-/m0/s1. The van der Waals surface area contributed by atoms with Gasteiger partial charge in [-0.1, -0.05) is 94.1 Å². The van der Waals surface area contributed by atoms with E-state index in [2.05, 4.69) is 33.5 Å². The maximum Gasteiger partial charge on any atom is 0.412 e. The van der Waals surface area contributed by atoms with Gasteiger partial charge in [0.05, 0.1) is 47.3 Å². The number of aliphatic hydroxyl groups excluding tert-OH is 6. The van der Waals surface area contributed by atoms with Crippen LogP contribution < -0.4 is 61.7 Å². The monoisotopic (exact) mass is 1810 g/mol. The molecule has 6 fully saturated rings. The highest BCUT2D eigenvalue weighted by Crippen LogP contribution is 2.59. The number of halogens is 2. The molecule has 18 atom stereocenters. The molecule has 6 aromatic carbocycles. The number of ketones is 3. The number of benzene rings is 6. The third-order valence-corrected chi connectivity index (χ3v) is 27.0. The molecule has 17 rings (SSSR count). The van der Waals surface area contributed by atoms with Crippen LogP contribution >= 0.6 is 23.2 Å². The van der Waals surface area contributed by atoms with Gasteiger partial charge in [0.2, 0.25) is 41.6 Å². The van der Waals surface area contributed by atoms with Gasteiger partial charge in [-0.2, -0.15) is 0 Å². The van der Waals surface area contributed by atoms with Gasteiger partial charge in [0, 0.05) is 67.3 Å². The molecule has 6 amide bonds. The van der Waals surface area contributed by atoms with Gasteiger partial charge >= 0.3 is 6.09 Å². The molecule has 2 saturated heterocycles. The number of fused-ring (bicyclic) bond motifs is 15. The molecule has 128 heavy (non-hydrogen) atoms. The molecule has 4 saturated carbocycles. The molecular formula is C94H113Cl2N7O25. The van der Waals surface area contributed by atoms with E-state index in [9.17, 15) is 55.2 Å². The van der Waals surface area contributed by atoms with Crippen LogP contribution in [0.5, 0.6) is 51.7 Å². The minimum absolute atomic E-state index is 0.0213. The predicted molar refractivity (Wildman–Crippen MR) is 463 cm³/mol. The number of hydrogen-bond donors (Lipinski definition) is 15. The van der Waals surface area contributed by atoms with Crippen LogP contribution in [0.2, 0.25) is 10.0 Å². The molecule has 34 heteroatoms. The molecule has 17 N–H and O–H groups in total. The van der Waals surface area contributed by atoms with Crippen molar-refractivity contribution in [2.45, 2.75) is 241 Å². The Hall–Kier alpha value is -10.1. The van der Waals surface area contributed by atoms with E-state index in [4.69, 9.17) is 72.6 Å². The first kappa shape index (κ1) is 94.1. The molecule has 7 heterocycles. The van der Waals surface area contributed by atoms with Crippen LogP contribution in [0.25, 0.3) is 11.1 Å². The fourth-order valence-electron chi connectivity index (χ4n) is 19.8. The van der Waals surface area contributed by atoms with E-state index in [-0.39, 0.29) is 109 Å². The highest BCUT2D eigenvalue weighted by molar-refractivity contribution is 6.32. The van der Waals surface area contributed by atoms with Crippen molar-refractivity contribution in [1.82, 2.24) is 26.6 Å². The molecular weight excluding hydrogens is 1700 g/mol. The summed E-state index contributed by atoms with van der Waals surface area (Å²) in [4.78, 5) is 138. The number of phenols is 2. The molecule has 11 aliphatic rings. The lowest BCUT2D eigenvalue weighted by molar-refractivity contribution is -0.333. The number of carbonyl (C=O) groups excluding carboxylic acids is 9. The Kier molecular flexibility index (Phi) is 29.5. The lowest BCUT2D eigenvalue weighted by Crippen LogP contribution is -2.64. The maximum absolute atomic E-state index is 16.7. The largest absolute Gasteiger partial charge is 0.507 e. The van der Waals surface area contributed by atoms with E-state index in [0.29, 0.717) is 43.5 Å². The van der Waals surface area contributed by atoms with Crippen LogP contribution in [0.3, 0.4) is 0 Å². The van der Waals surface area contributed by atoms with Crippen molar-refractivity contribution in [3.05, 3.63) is 147 Å². The summed E-state index contributed by atoms with van der Waals surface area (Å²) >= 11 is 14.6. The van der Waals surface area contributed by atoms with Crippen molar-refractivity contribution >= 4 is 76.2 Å². The molecule has 0 radical (unpaired) electrons. The summed E-state index contributed by atoms with van der Waals surface area (Å²) in [6.07, 6.45) is -12.9. The molecule has 4 aliphatic carbocycles. The van der Waals surface area contributed by atoms with Crippen LogP contribution in [0.4, 0.5) is 4.79 Å². The normalized spacial score (nSPS) is 30.0. The van der Waals surface area contributed by atoms with Crippen LogP contribution in [0.15, 0.2) is 103 Å². The van der Waals surface area contributed by atoms with Gasteiger partial charge in [0.1, 0.15) is 89.2 Å². The zero-order valence-electron chi connectivity index (χ0n) is 72.0. The second kappa shape index (κ2) is 40.1. The minimum Gasteiger partial charge on any atom is -0.507 e. The number of nitrogens with two attached hydrogens (primary N) is 2. The Balaban J connectivity index is 0.933. The zero-order chi connectivity index (χ0) is 91.6. The highest BCUT2D eigenvalue weighted by atomic mass is 35.5. The molecule has 0 aromatic heterocycles. The van der Waals surface area contributed by atoms with Crippen molar-refractivity contribution in [2.24, 2.45) is 58.8 Å². The molecule has 0 unspecified atom stereocenters. The summed E-state index contributed by atoms with van der Waals surface area (Å²) in [5.41, 5.74) is 10.4. The summed E-state index contributed by atoms with van der Waals surface area (Å²) in [5, 5.41) is 109. The number of nitrogens with one attached hydrogen (secondary N) is 5. The number of rotatable bonds is 24. The number of Topliss-reactive ketones (excluding diaryl/α,β-unsaturated/α-hetero) is 3. The quantitative estimate of drug-likeness (QED) is 0.0251. The second-order valence-electron chi connectivity index (χ2n) is 36.2. The summed E-state index contributed by atoms with van der Waals surface area (Å²) in [6.45, 7) is 10.4. The van der Waals surface area contributed by atoms with Crippen molar-refractivity contribution in [3.63, 3.8) is 0 Å². The van der Waals surface area contributed by atoms with E-state index >= 15 is 28.8 Å². The van der Waals surface area contributed by atoms with Crippen LogP contribution in [0, 0.1) is 47.3 Å². The third-order valence-electron chi connectivity index (χ3n) is 26.4. The van der Waals surface area contributed by atoms with Gasteiger partial charge in [-0.05, 0) is 207 Å². The number of unbranched alkanes of at least 4 members (excludes halogenated alkanes) is 2. The van der Waals surface area contributed by atoms with Crippen molar-refractivity contribution in [2.75, 3.05) is 19.8 Å². The summed E-state index contributed by atoms with van der Waals surface area (Å²) < 4.78 is 51.0. The number of primary amides is 1. The minimum atomic E-state index is -2.20. The predicted octanol–water partition coefficient (Wildman–Crippen LogP) is 9.66. The lowest BCUT2D eigenvalue weighted by Gasteiger charge is -2.54. The number of phenolic OH excluding ortho intramolecular Hbond substituents is 2. The topological polar surface area (TPSA) is 502 Å². The Morgan fingerprint density at radius 2 is 1.34 bits per heavy atom. The molecule has 0 spiro atoms. The number of hydrogen-bond acceptors (Lipinski definition) is 26. The van der Waals surface area contributed by atoms with Crippen molar-refractivity contribution < 1.29 is 122 Å². The number of carbonyl (C=O) groups is 9. The highest BCUT2D eigenvalue weighted by Gasteiger charge is 2.53. The SMILES string of the molecule is CCCCCOc1ccc(CCNC(=O)Oc2cc(O)c3c(c2)[C@@H](C(=O)CC2C4CC5CC(C4)CC2C5)NC(=O)[C@H]2NC(=O)[C@H](CC(=O)[C@@H]4NC(=O)[C@H](CC(N)=O)CC(=O)[C@H](NC(=O)[C@H](CC)CC(C)C)[C@H](O)c5ccc(c(Cl)c5)Oc5cc4cc(c5O[C@@H]4O[C@H](CO)[C@@H](O)[C@H](O)[C@H]4O[C@H]4C[C@](C)(N)[C@H](O)[C@H](C)O4)Oc4ccc(cc4Cl)[C@H]2O)c2ccc(O)c-3c2)cc1. The first-order valence-electron chi connectivity index (χ1n) is 44.0. The summed E-state index contributed by atoms with van der Waals surface area (Å²) in [5.74, 6) is -15.0. The van der Waals surface area contributed by atoms with Gasteiger partial charge in [-0.25, -0.2) is 4.79 Å². The number of ether oxygens (including phenoxy) is 8. The van der Waals surface area contributed by atoms with Gasteiger partial charge < -0.3 is 117 Å². The number of amides is 6. The Morgan fingerprint density at radius 3 is 1.96 bits per heavy atom. The van der Waals surface area contributed by atoms with Crippen LogP contribution in [-0.2, 0) is 59.0 Å². The van der Waals surface area contributed by atoms with Gasteiger partial charge in [0.25, 0.3) is 0 Å². The van der Waals surface area contributed by atoms with Gasteiger partial charge in [-0.15, -0.1) is 0 Å². The van der Waals surface area contributed by atoms with E-state index in [0.717, 1.165) is 81.2 Å². The third kappa shape index (κ3) is 21.0. The smallest absolute Gasteiger partial charge is 0.412 e. The number of aliphatic hydroxyl groups is 6. The number of aromatic hydroxyl groups is 2. The molecule has 6 aromatic rings. The maximum atomic E-state index is 16.7. The fraction of sp³-hybridized carbons (Fsp3) is 0.521. The van der Waals surface area contributed by atoms with E-state index < -0.39 is 216 Å². The van der Waals surface area contributed by atoms with E-state index in [1.54, 1.807) is 6.92 Å². The lowest BCUT2D eigenvalue weighted by atomic mass is 9.51. The molecule has 32 nitrogen and oxygen atoms in total. The molecule has 7 aliphatic heterocycles. The van der Waals surface area contributed by atoms with Crippen LogP contribution in [0.1, 0.15) is 201 Å². The van der Waals surface area contributed by atoms with Crippen LogP contribution in [-0.4, -0.2) is 180 Å². The Labute approximate surface area is 750 Å². The first-order valence-corrected chi connectivity index (χ1v) is 44.8. The molecule has 15 bridgehead atoms. The van der Waals surface area contributed by atoms with Gasteiger partial charge in [-0.3, -0.25) is 38.4 Å². The van der Waals surface area contributed by atoms with Crippen molar-refractivity contribution in [1.29, 1.82) is 0 Å². The fourth-order valence-corrected chi connectivity index (χ4v) is 20.3.